The number of halogens is 3. The maximum absolute atomic E-state index is 12.4. The molecule has 0 amide bonds. The molecule has 19 heavy (non-hydrogen) atoms. The second-order valence-corrected chi connectivity index (χ2v) is 4.05. The van der Waals surface area contributed by atoms with Crippen LogP contribution >= 0.6 is 0 Å². The molecule has 0 aromatic carbocycles. The molecular formula is C13H12F3N3. The van der Waals surface area contributed by atoms with E-state index in [1.807, 2.05) is 19.1 Å². The van der Waals surface area contributed by atoms with Crippen molar-refractivity contribution in [2.45, 2.75) is 19.1 Å². The summed E-state index contributed by atoms with van der Waals surface area (Å²) in [4.78, 5) is 7.91. The molecule has 1 unspecified atom stereocenters. The first-order valence-electron chi connectivity index (χ1n) is 5.67. The molecule has 0 bridgehead atoms. The van der Waals surface area contributed by atoms with Crippen LogP contribution in [-0.4, -0.2) is 9.97 Å². The quantitative estimate of drug-likeness (QED) is 0.922. The minimum absolute atomic E-state index is 0.134. The first kappa shape index (κ1) is 13.3. The Balaban J connectivity index is 2.08. The van der Waals surface area contributed by atoms with Crippen LogP contribution in [0, 0.1) is 0 Å². The highest BCUT2D eigenvalue weighted by Gasteiger charge is 2.30. The molecule has 0 fully saturated rings. The number of hydrogen-bond donors (Lipinski definition) is 1. The van der Waals surface area contributed by atoms with E-state index >= 15 is 0 Å². The van der Waals surface area contributed by atoms with Gasteiger partial charge in [-0.1, -0.05) is 6.07 Å². The van der Waals surface area contributed by atoms with Crippen LogP contribution in [0.5, 0.6) is 0 Å². The van der Waals surface area contributed by atoms with Crippen LogP contribution in [0.1, 0.15) is 24.2 Å². The molecule has 0 saturated carbocycles. The molecule has 2 heterocycles. The Bertz CT molecular complexity index is 523. The molecule has 2 aromatic heterocycles. The third-order valence-corrected chi connectivity index (χ3v) is 2.59. The molecule has 100 valence electrons. The van der Waals surface area contributed by atoms with Crippen molar-refractivity contribution in [1.29, 1.82) is 0 Å². The zero-order valence-electron chi connectivity index (χ0n) is 10.1. The number of rotatable bonds is 3. The monoisotopic (exact) mass is 267 g/mol. The van der Waals surface area contributed by atoms with Crippen molar-refractivity contribution < 1.29 is 13.2 Å². The van der Waals surface area contributed by atoms with Crippen LogP contribution in [0.25, 0.3) is 0 Å². The van der Waals surface area contributed by atoms with Crippen molar-refractivity contribution in [3.05, 3.63) is 54.0 Å². The van der Waals surface area contributed by atoms with Gasteiger partial charge in [0.05, 0.1) is 17.3 Å². The van der Waals surface area contributed by atoms with Gasteiger partial charge in [-0.25, -0.2) is 4.98 Å². The molecule has 1 atom stereocenters. The zero-order valence-corrected chi connectivity index (χ0v) is 10.1. The summed E-state index contributed by atoms with van der Waals surface area (Å²) in [6.45, 7) is 1.86. The number of aromatic nitrogens is 2. The third kappa shape index (κ3) is 3.43. The summed E-state index contributed by atoms with van der Waals surface area (Å²) in [5.74, 6) is 0.381. The lowest BCUT2D eigenvalue weighted by Gasteiger charge is -2.14. The van der Waals surface area contributed by atoms with Crippen molar-refractivity contribution in [1.82, 2.24) is 9.97 Å². The van der Waals surface area contributed by atoms with E-state index in [-0.39, 0.29) is 6.04 Å². The van der Waals surface area contributed by atoms with Gasteiger partial charge in [-0.05, 0) is 31.2 Å². The van der Waals surface area contributed by atoms with E-state index in [0.717, 1.165) is 18.0 Å². The van der Waals surface area contributed by atoms with Crippen LogP contribution in [0.4, 0.5) is 19.0 Å². The van der Waals surface area contributed by atoms with Crippen molar-refractivity contribution in [3.63, 3.8) is 0 Å². The molecule has 0 aliphatic rings. The van der Waals surface area contributed by atoms with E-state index in [1.165, 1.54) is 6.07 Å². The Labute approximate surface area is 108 Å². The Hall–Kier alpha value is -2.11. The predicted octanol–water partition coefficient (Wildman–Crippen LogP) is 3.67. The molecule has 0 spiro atoms. The second-order valence-electron chi connectivity index (χ2n) is 4.05. The summed E-state index contributed by atoms with van der Waals surface area (Å²) in [6, 6.07) is 7.66. The van der Waals surface area contributed by atoms with E-state index < -0.39 is 11.7 Å². The lowest BCUT2D eigenvalue weighted by atomic mass is 10.2. The highest BCUT2D eigenvalue weighted by molar-refractivity contribution is 5.38. The first-order valence-corrected chi connectivity index (χ1v) is 5.67. The van der Waals surface area contributed by atoms with Crippen molar-refractivity contribution in [3.8, 4) is 0 Å². The second kappa shape index (κ2) is 5.26. The van der Waals surface area contributed by atoms with Crippen molar-refractivity contribution in [2.75, 3.05) is 5.32 Å². The Morgan fingerprint density at radius 1 is 1.11 bits per heavy atom. The van der Waals surface area contributed by atoms with Gasteiger partial charge in [0.15, 0.2) is 0 Å². The van der Waals surface area contributed by atoms with Gasteiger partial charge < -0.3 is 5.32 Å². The minimum atomic E-state index is -4.36. The molecule has 0 radical (unpaired) electrons. The topological polar surface area (TPSA) is 37.8 Å². The lowest BCUT2D eigenvalue weighted by Crippen LogP contribution is -2.10. The van der Waals surface area contributed by atoms with Crippen LogP contribution in [0.2, 0.25) is 0 Å². The van der Waals surface area contributed by atoms with Gasteiger partial charge in [0, 0.05) is 12.4 Å². The summed E-state index contributed by atoms with van der Waals surface area (Å²) in [5.41, 5.74) is 0.0349. The fourth-order valence-electron chi connectivity index (χ4n) is 1.57. The fourth-order valence-corrected chi connectivity index (χ4v) is 1.57. The highest BCUT2D eigenvalue weighted by atomic mass is 19.4. The van der Waals surface area contributed by atoms with Crippen LogP contribution in [0.15, 0.2) is 42.7 Å². The average Bonchev–Trinajstić information content (AvgIpc) is 2.39. The van der Waals surface area contributed by atoms with Crippen LogP contribution in [0.3, 0.4) is 0 Å². The Morgan fingerprint density at radius 3 is 2.42 bits per heavy atom. The lowest BCUT2D eigenvalue weighted by molar-refractivity contribution is -0.137. The van der Waals surface area contributed by atoms with E-state index in [1.54, 1.807) is 12.3 Å². The zero-order chi connectivity index (χ0) is 13.9. The predicted molar refractivity (Wildman–Crippen MR) is 65.5 cm³/mol. The van der Waals surface area contributed by atoms with Gasteiger partial charge in [0.25, 0.3) is 0 Å². The Kier molecular flexibility index (Phi) is 3.69. The molecule has 2 aromatic rings. The van der Waals surface area contributed by atoms with Gasteiger partial charge in [0.1, 0.15) is 5.82 Å². The van der Waals surface area contributed by atoms with Crippen LogP contribution < -0.4 is 5.32 Å². The van der Waals surface area contributed by atoms with E-state index in [4.69, 9.17) is 0 Å². The average molecular weight is 267 g/mol. The molecule has 0 saturated heterocycles. The standard InChI is InChI=1S/C13H12F3N3/c1-9(11-4-2-3-7-17-11)19-12-6-5-10(8-18-12)13(14,15)16/h2-9H,1H3,(H,18,19). The number of nitrogens with one attached hydrogen (secondary N) is 1. The Morgan fingerprint density at radius 2 is 1.89 bits per heavy atom. The maximum atomic E-state index is 12.4. The molecule has 0 aliphatic carbocycles. The number of anilines is 1. The van der Waals surface area contributed by atoms with Crippen LogP contribution in [-0.2, 0) is 6.18 Å². The van der Waals surface area contributed by atoms with E-state index in [2.05, 4.69) is 15.3 Å². The number of hydrogen-bond acceptors (Lipinski definition) is 3. The van der Waals surface area contributed by atoms with Gasteiger partial charge in [0.2, 0.25) is 0 Å². The summed E-state index contributed by atoms with van der Waals surface area (Å²) in [5, 5.41) is 3.00. The fraction of sp³-hybridized carbons (Fsp3) is 0.231. The van der Waals surface area contributed by atoms with Gasteiger partial charge in [-0.2, -0.15) is 13.2 Å². The summed E-state index contributed by atoms with van der Waals surface area (Å²) >= 11 is 0. The van der Waals surface area contributed by atoms with Crippen molar-refractivity contribution in [2.24, 2.45) is 0 Å². The first-order chi connectivity index (χ1) is 8.97. The van der Waals surface area contributed by atoms with E-state index in [0.29, 0.717) is 5.82 Å². The number of pyridine rings is 2. The molecule has 3 nitrogen and oxygen atoms in total. The summed E-state index contributed by atoms with van der Waals surface area (Å²) in [7, 11) is 0. The highest BCUT2D eigenvalue weighted by Crippen LogP contribution is 2.29. The molecule has 6 heteroatoms. The maximum Gasteiger partial charge on any atom is 0.417 e. The van der Waals surface area contributed by atoms with Gasteiger partial charge >= 0.3 is 6.18 Å². The molecule has 0 aliphatic heterocycles. The largest absolute Gasteiger partial charge is 0.417 e. The molecule has 1 N–H and O–H groups in total. The summed E-state index contributed by atoms with van der Waals surface area (Å²) in [6.07, 6.45) is -1.89. The normalized spacial score (nSPS) is 13.1. The van der Waals surface area contributed by atoms with E-state index in [9.17, 15) is 13.2 Å². The third-order valence-electron chi connectivity index (χ3n) is 2.59. The molecular weight excluding hydrogens is 255 g/mol. The minimum Gasteiger partial charge on any atom is -0.362 e. The number of nitrogens with zero attached hydrogens (tertiary/aromatic N) is 2. The van der Waals surface area contributed by atoms with Gasteiger partial charge in [-0.3, -0.25) is 4.98 Å². The number of alkyl halides is 3. The van der Waals surface area contributed by atoms with Gasteiger partial charge in [-0.15, -0.1) is 0 Å². The van der Waals surface area contributed by atoms with Crippen molar-refractivity contribution >= 4 is 5.82 Å². The smallest absolute Gasteiger partial charge is 0.362 e. The summed E-state index contributed by atoms with van der Waals surface area (Å²) < 4.78 is 37.1. The molecule has 2 rings (SSSR count). The SMILES string of the molecule is CC(Nc1ccc(C(F)(F)F)cn1)c1ccccn1.